The van der Waals surface area contributed by atoms with Crippen molar-refractivity contribution in [2.45, 2.75) is 19.9 Å². The fraction of sp³-hybridized carbons (Fsp3) is 0.158. The highest BCUT2D eigenvalue weighted by Gasteiger charge is 2.11. The fourth-order valence-electron chi connectivity index (χ4n) is 2.47. The molecular formula is C19H18FN3O2. The average Bonchev–Trinajstić information content (AvgIpc) is 2.98. The van der Waals surface area contributed by atoms with Gasteiger partial charge in [-0.15, -0.1) is 0 Å². The number of nitrogens with one attached hydrogen (secondary N) is 3. The van der Waals surface area contributed by atoms with E-state index in [1.165, 1.54) is 12.1 Å². The Balaban J connectivity index is 1.72. The first-order valence-corrected chi connectivity index (χ1v) is 7.93. The van der Waals surface area contributed by atoms with Gasteiger partial charge in [0.1, 0.15) is 11.5 Å². The summed E-state index contributed by atoms with van der Waals surface area (Å²) in [7, 11) is 0. The molecule has 3 rings (SSSR count). The van der Waals surface area contributed by atoms with Crippen LogP contribution in [0.25, 0.3) is 10.9 Å². The molecule has 3 aromatic rings. The molecule has 1 heterocycles. The van der Waals surface area contributed by atoms with Crippen molar-refractivity contribution in [2.75, 3.05) is 5.32 Å². The van der Waals surface area contributed by atoms with Crippen molar-refractivity contribution >= 4 is 28.4 Å². The minimum Gasteiger partial charge on any atom is -0.351 e. The number of benzene rings is 2. The summed E-state index contributed by atoms with van der Waals surface area (Å²) in [5.41, 5.74) is 2.11. The van der Waals surface area contributed by atoms with E-state index in [9.17, 15) is 14.0 Å². The lowest BCUT2D eigenvalue weighted by atomic mass is 10.2. The average molecular weight is 339 g/mol. The van der Waals surface area contributed by atoms with Gasteiger partial charge in [-0.3, -0.25) is 9.59 Å². The lowest BCUT2D eigenvalue weighted by molar-refractivity contribution is 0.0942. The summed E-state index contributed by atoms with van der Waals surface area (Å²) >= 11 is 0. The molecule has 0 saturated carbocycles. The van der Waals surface area contributed by atoms with E-state index in [2.05, 4.69) is 15.6 Å². The zero-order valence-electron chi connectivity index (χ0n) is 13.9. The summed E-state index contributed by atoms with van der Waals surface area (Å²) in [6, 6.07) is 12.6. The van der Waals surface area contributed by atoms with E-state index >= 15 is 0 Å². The molecule has 25 heavy (non-hydrogen) atoms. The van der Waals surface area contributed by atoms with Gasteiger partial charge in [-0.2, -0.15) is 0 Å². The molecule has 0 unspecified atom stereocenters. The molecule has 128 valence electrons. The number of halogens is 1. The molecule has 0 saturated heterocycles. The third kappa shape index (κ3) is 3.85. The van der Waals surface area contributed by atoms with Gasteiger partial charge in [0.05, 0.1) is 0 Å². The summed E-state index contributed by atoms with van der Waals surface area (Å²) in [5, 5.41) is 6.18. The number of aromatic nitrogens is 1. The number of carbonyl (C=O) groups excluding carboxylic acids is 2. The Labute approximate surface area is 144 Å². The molecule has 2 amide bonds. The van der Waals surface area contributed by atoms with Gasteiger partial charge < -0.3 is 15.6 Å². The number of anilines is 1. The number of carbonyl (C=O) groups is 2. The van der Waals surface area contributed by atoms with Crippen LogP contribution in [0.3, 0.4) is 0 Å². The van der Waals surface area contributed by atoms with Crippen LogP contribution in [0.15, 0.2) is 48.5 Å². The topological polar surface area (TPSA) is 74.0 Å². The molecule has 2 aromatic carbocycles. The normalized spacial score (nSPS) is 10.9. The van der Waals surface area contributed by atoms with Crippen LogP contribution in [0.4, 0.5) is 10.1 Å². The molecular weight excluding hydrogens is 321 g/mol. The second-order valence-corrected chi connectivity index (χ2v) is 6.07. The lowest BCUT2D eigenvalue weighted by Crippen LogP contribution is -2.30. The first kappa shape index (κ1) is 16.7. The number of hydrogen-bond acceptors (Lipinski definition) is 2. The predicted octanol–water partition coefficient (Wildman–Crippen LogP) is 3.70. The Morgan fingerprint density at radius 1 is 1.00 bits per heavy atom. The zero-order chi connectivity index (χ0) is 18.0. The lowest BCUT2D eigenvalue weighted by Gasteiger charge is -2.09. The molecule has 0 aliphatic rings. The van der Waals surface area contributed by atoms with Gasteiger partial charge in [0.25, 0.3) is 11.8 Å². The van der Waals surface area contributed by atoms with E-state index < -0.39 is 0 Å². The van der Waals surface area contributed by atoms with E-state index in [0.717, 1.165) is 0 Å². The van der Waals surface area contributed by atoms with Gasteiger partial charge in [-0.05, 0) is 62.4 Å². The minimum absolute atomic E-state index is 0.0544. The number of aromatic amines is 1. The number of rotatable bonds is 4. The highest BCUT2D eigenvalue weighted by atomic mass is 19.1. The van der Waals surface area contributed by atoms with Crippen LogP contribution in [0.1, 0.15) is 34.7 Å². The molecule has 5 nitrogen and oxygen atoms in total. The first-order chi connectivity index (χ1) is 11.9. The van der Waals surface area contributed by atoms with Gasteiger partial charge in [-0.1, -0.05) is 0 Å². The molecule has 0 bridgehead atoms. The monoisotopic (exact) mass is 339 g/mol. The predicted molar refractivity (Wildman–Crippen MR) is 95.3 cm³/mol. The molecule has 0 radical (unpaired) electrons. The Bertz CT molecular complexity index is 929. The van der Waals surface area contributed by atoms with Crippen molar-refractivity contribution in [1.82, 2.24) is 10.3 Å². The number of hydrogen-bond donors (Lipinski definition) is 3. The smallest absolute Gasteiger partial charge is 0.272 e. The van der Waals surface area contributed by atoms with Gasteiger partial charge in [-0.25, -0.2) is 4.39 Å². The SMILES string of the molecule is CC(C)NC(=O)c1ccc(NC(=O)c2cc3cc(F)ccc3[nH]2)cc1. The minimum atomic E-state index is -0.353. The summed E-state index contributed by atoms with van der Waals surface area (Å²) in [4.78, 5) is 27.2. The molecule has 3 N–H and O–H groups in total. The van der Waals surface area contributed by atoms with Crippen molar-refractivity contribution in [3.63, 3.8) is 0 Å². The Hall–Kier alpha value is -3.15. The van der Waals surface area contributed by atoms with Gasteiger partial charge in [0, 0.05) is 28.2 Å². The summed E-state index contributed by atoms with van der Waals surface area (Å²) in [6.45, 7) is 3.78. The maximum Gasteiger partial charge on any atom is 0.272 e. The van der Waals surface area contributed by atoms with Crippen LogP contribution in [0.2, 0.25) is 0 Å². The zero-order valence-corrected chi connectivity index (χ0v) is 13.9. The molecule has 0 atom stereocenters. The van der Waals surface area contributed by atoms with E-state index in [1.54, 1.807) is 36.4 Å². The van der Waals surface area contributed by atoms with E-state index in [1.807, 2.05) is 13.8 Å². The first-order valence-electron chi connectivity index (χ1n) is 7.93. The van der Waals surface area contributed by atoms with Crippen LogP contribution < -0.4 is 10.6 Å². The molecule has 6 heteroatoms. The number of H-pyrrole nitrogens is 1. The van der Waals surface area contributed by atoms with Crippen LogP contribution in [0.5, 0.6) is 0 Å². The fourth-order valence-corrected chi connectivity index (χ4v) is 2.47. The second kappa shape index (κ2) is 6.76. The quantitative estimate of drug-likeness (QED) is 0.678. The maximum absolute atomic E-state index is 13.2. The summed E-state index contributed by atoms with van der Waals surface area (Å²) < 4.78 is 13.2. The maximum atomic E-state index is 13.2. The standard InChI is InChI=1S/C19H18FN3O2/c1-11(2)21-18(24)12-3-6-15(7-4-12)22-19(25)17-10-13-9-14(20)5-8-16(13)23-17/h3-11,23H,1-2H3,(H,21,24)(H,22,25). The Kier molecular flexibility index (Phi) is 4.52. The van der Waals surface area contributed by atoms with Crippen molar-refractivity contribution < 1.29 is 14.0 Å². The van der Waals surface area contributed by atoms with Gasteiger partial charge >= 0.3 is 0 Å². The van der Waals surface area contributed by atoms with Crippen LogP contribution in [0, 0.1) is 5.82 Å². The van der Waals surface area contributed by atoms with Crippen molar-refractivity contribution in [3.8, 4) is 0 Å². The second-order valence-electron chi connectivity index (χ2n) is 6.07. The van der Waals surface area contributed by atoms with Gasteiger partial charge in [0.15, 0.2) is 0 Å². The van der Waals surface area contributed by atoms with Gasteiger partial charge in [0.2, 0.25) is 0 Å². The van der Waals surface area contributed by atoms with Crippen LogP contribution >= 0.6 is 0 Å². The molecule has 0 aliphatic heterocycles. The molecule has 0 spiro atoms. The third-order valence-corrected chi connectivity index (χ3v) is 3.65. The van der Waals surface area contributed by atoms with Crippen LogP contribution in [-0.2, 0) is 0 Å². The number of amides is 2. The summed E-state index contributed by atoms with van der Waals surface area (Å²) in [5.74, 6) is -0.852. The molecule has 0 fully saturated rings. The van der Waals surface area contributed by atoms with Crippen molar-refractivity contribution in [3.05, 3.63) is 65.6 Å². The van der Waals surface area contributed by atoms with Crippen molar-refractivity contribution in [2.24, 2.45) is 0 Å². The largest absolute Gasteiger partial charge is 0.351 e. The Morgan fingerprint density at radius 3 is 2.40 bits per heavy atom. The van der Waals surface area contributed by atoms with Crippen molar-refractivity contribution in [1.29, 1.82) is 0 Å². The van der Waals surface area contributed by atoms with E-state index in [4.69, 9.17) is 0 Å². The third-order valence-electron chi connectivity index (χ3n) is 3.65. The van der Waals surface area contributed by atoms with E-state index in [-0.39, 0.29) is 23.7 Å². The van der Waals surface area contributed by atoms with E-state index in [0.29, 0.717) is 27.8 Å². The van der Waals surface area contributed by atoms with Crippen LogP contribution in [-0.4, -0.2) is 22.8 Å². The molecule has 0 aliphatic carbocycles. The summed E-state index contributed by atoms with van der Waals surface area (Å²) in [6.07, 6.45) is 0. The highest BCUT2D eigenvalue weighted by molar-refractivity contribution is 6.06. The highest BCUT2D eigenvalue weighted by Crippen LogP contribution is 2.18. The Morgan fingerprint density at radius 2 is 1.72 bits per heavy atom. The molecule has 1 aromatic heterocycles. The number of fused-ring (bicyclic) bond motifs is 1.